The largest absolute Gasteiger partial charge is 0.506 e. The molecular weight excluding hydrogens is 354 g/mol. The Morgan fingerprint density at radius 2 is 1.67 bits per heavy atom. The topological polar surface area (TPSA) is 61.8 Å². The zero-order valence-electron chi connectivity index (χ0n) is 14.3. The number of imidazole rings is 1. The normalized spacial score (nSPS) is 11.3. The summed E-state index contributed by atoms with van der Waals surface area (Å²) >= 11 is 1.71. The molecule has 0 fully saturated rings. The second kappa shape index (κ2) is 6.45. The first-order valence-electron chi connectivity index (χ1n) is 8.58. The van der Waals surface area contributed by atoms with Crippen molar-refractivity contribution in [2.24, 2.45) is 0 Å². The smallest absolute Gasteiger partial charge is 0.157 e. The summed E-state index contributed by atoms with van der Waals surface area (Å²) in [6.07, 6.45) is 0. The lowest BCUT2D eigenvalue weighted by Crippen LogP contribution is -1.87. The Balaban J connectivity index is 1.54. The Morgan fingerprint density at radius 3 is 2.56 bits per heavy atom. The molecule has 130 valence electrons. The molecule has 2 heterocycles. The van der Waals surface area contributed by atoms with Crippen molar-refractivity contribution in [1.29, 1.82) is 0 Å². The zero-order valence-corrected chi connectivity index (χ0v) is 15.1. The first kappa shape index (κ1) is 15.9. The van der Waals surface area contributed by atoms with E-state index in [1.54, 1.807) is 17.8 Å². The fourth-order valence-corrected chi connectivity index (χ4v) is 3.94. The number of aromatic amines is 1. The zero-order chi connectivity index (χ0) is 18.2. The second-order valence-corrected chi connectivity index (χ2v) is 7.37. The monoisotopic (exact) mass is 369 g/mol. The van der Waals surface area contributed by atoms with Crippen molar-refractivity contribution < 1.29 is 5.11 Å². The number of hydrogen-bond donors (Lipinski definition) is 2. The molecule has 0 spiro atoms. The number of rotatable bonds is 3. The van der Waals surface area contributed by atoms with Gasteiger partial charge in [0.25, 0.3) is 0 Å². The van der Waals surface area contributed by atoms with Crippen molar-refractivity contribution >= 4 is 33.7 Å². The molecule has 0 saturated heterocycles. The molecule has 0 radical (unpaired) electrons. The van der Waals surface area contributed by atoms with Crippen molar-refractivity contribution in [3.63, 3.8) is 0 Å². The van der Waals surface area contributed by atoms with Crippen LogP contribution in [0.15, 0.2) is 88.7 Å². The van der Waals surface area contributed by atoms with E-state index in [2.05, 4.69) is 39.2 Å². The van der Waals surface area contributed by atoms with Gasteiger partial charge in [-0.15, -0.1) is 0 Å². The third-order valence-corrected chi connectivity index (χ3v) is 5.37. The van der Waals surface area contributed by atoms with E-state index in [-0.39, 0.29) is 5.75 Å². The van der Waals surface area contributed by atoms with Crippen LogP contribution in [0, 0.1) is 0 Å². The third kappa shape index (κ3) is 3.02. The number of phenolic OH excluding ortho intramolecular Hbond substituents is 1. The first-order chi connectivity index (χ1) is 13.3. The summed E-state index contributed by atoms with van der Waals surface area (Å²) in [7, 11) is 0. The maximum Gasteiger partial charge on any atom is 0.157 e. The quantitative estimate of drug-likeness (QED) is 0.432. The van der Waals surface area contributed by atoms with Crippen LogP contribution in [-0.4, -0.2) is 20.1 Å². The van der Waals surface area contributed by atoms with Gasteiger partial charge in [0.15, 0.2) is 5.82 Å². The van der Waals surface area contributed by atoms with Gasteiger partial charge in [0.05, 0.1) is 11.0 Å². The molecule has 0 atom stereocenters. The van der Waals surface area contributed by atoms with Crippen molar-refractivity contribution in [3.8, 4) is 17.3 Å². The Kier molecular flexibility index (Phi) is 3.80. The van der Waals surface area contributed by atoms with E-state index < -0.39 is 0 Å². The van der Waals surface area contributed by atoms with Crippen LogP contribution < -0.4 is 0 Å². The molecule has 2 N–H and O–H groups in total. The summed E-state index contributed by atoms with van der Waals surface area (Å²) < 4.78 is 0. The van der Waals surface area contributed by atoms with Gasteiger partial charge in [0.1, 0.15) is 17.0 Å². The van der Waals surface area contributed by atoms with E-state index in [9.17, 15) is 5.11 Å². The van der Waals surface area contributed by atoms with Gasteiger partial charge in [-0.25, -0.2) is 9.97 Å². The number of aromatic hydroxyl groups is 1. The summed E-state index contributed by atoms with van der Waals surface area (Å²) in [5, 5.41) is 11.0. The number of pyridine rings is 1. The van der Waals surface area contributed by atoms with Gasteiger partial charge in [-0.3, -0.25) is 0 Å². The van der Waals surface area contributed by atoms with Crippen LogP contribution in [-0.2, 0) is 0 Å². The van der Waals surface area contributed by atoms with Crippen LogP contribution in [0.4, 0.5) is 0 Å². The maximum absolute atomic E-state index is 10.1. The van der Waals surface area contributed by atoms with Crippen molar-refractivity contribution in [2.75, 3.05) is 0 Å². The van der Waals surface area contributed by atoms with Crippen molar-refractivity contribution in [3.05, 3.63) is 78.9 Å². The molecule has 0 bridgehead atoms. The maximum atomic E-state index is 10.1. The fourth-order valence-electron chi connectivity index (χ4n) is 3.06. The third-order valence-electron chi connectivity index (χ3n) is 4.37. The number of aromatic nitrogens is 3. The molecule has 5 rings (SSSR count). The van der Waals surface area contributed by atoms with E-state index >= 15 is 0 Å². The summed E-state index contributed by atoms with van der Waals surface area (Å²) in [5.41, 5.74) is 3.14. The number of phenols is 1. The van der Waals surface area contributed by atoms with E-state index in [1.165, 1.54) is 4.90 Å². The standard InChI is InChI=1S/C22H15N3OS/c26-20-8-4-5-14-9-11-18(23-21(14)20)22-24-17-12-10-16(13-19(17)25-22)27-15-6-2-1-3-7-15/h1-13,26H,(H,24,25). The van der Waals surface area contributed by atoms with Gasteiger partial charge in [-0.2, -0.15) is 0 Å². The number of para-hydroxylation sites is 1. The van der Waals surface area contributed by atoms with Gasteiger partial charge in [0, 0.05) is 15.2 Å². The minimum Gasteiger partial charge on any atom is -0.506 e. The average molecular weight is 369 g/mol. The minimum atomic E-state index is 0.173. The number of nitrogens with one attached hydrogen (secondary N) is 1. The van der Waals surface area contributed by atoms with E-state index in [0.29, 0.717) is 17.0 Å². The van der Waals surface area contributed by atoms with Crippen LogP contribution in [0.25, 0.3) is 33.5 Å². The molecule has 0 aliphatic heterocycles. The Morgan fingerprint density at radius 1 is 0.778 bits per heavy atom. The predicted octanol–water partition coefficient (Wildman–Crippen LogP) is 5.63. The van der Waals surface area contributed by atoms with Gasteiger partial charge in [-0.05, 0) is 42.5 Å². The van der Waals surface area contributed by atoms with Gasteiger partial charge in [0.2, 0.25) is 0 Å². The molecule has 0 aliphatic rings. The molecule has 5 aromatic rings. The molecule has 4 nitrogen and oxygen atoms in total. The molecule has 0 aliphatic carbocycles. The number of hydrogen-bond acceptors (Lipinski definition) is 4. The SMILES string of the molecule is Oc1cccc2ccc(-c3nc4ccc(Sc5ccccc5)cc4[nH]3)nc12. The Bertz CT molecular complexity index is 1260. The highest BCUT2D eigenvalue weighted by Gasteiger charge is 2.10. The molecule has 2 aromatic heterocycles. The van der Waals surface area contributed by atoms with E-state index in [0.717, 1.165) is 21.3 Å². The number of fused-ring (bicyclic) bond motifs is 2. The highest BCUT2D eigenvalue weighted by atomic mass is 32.2. The summed E-state index contributed by atoms with van der Waals surface area (Å²) in [6, 6.07) is 25.7. The Hall–Kier alpha value is -3.31. The van der Waals surface area contributed by atoms with Gasteiger partial charge < -0.3 is 10.1 Å². The molecule has 0 amide bonds. The lowest BCUT2D eigenvalue weighted by molar-refractivity contribution is 0.480. The number of H-pyrrole nitrogens is 1. The molecular formula is C22H15N3OS. The van der Waals surface area contributed by atoms with E-state index in [4.69, 9.17) is 0 Å². The number of benzene rings is 3. The lowest BCUT2D eigenvalue weighted by atomic mass is 10.2. The van der Waals surface area contributed by atoms with Crippen LogP contribution in [0.3, 0.4) is 0 Å². The van der Waals surface area contributed by atoms with Crippen LogP contribution >= 0.6 is 11.8 Å². The molecule has 5 heteroatoms. The second-order valence-electron chi connectivity index (χ2n) is 6.22. The molecule has 27 heavy (non-hydrogen) atoms. The summed E-state index contributed by atoms with van der Waals surface area (Å²) in [6.45, 7) is 0. The molecule has 0 unspecified atom stereocenters. The number of nitrogens with zero attached hydrogens (tertiary/aromatic N) is 2. The van der Waals surface area contributed by atoms with Gasteiger partial charge in [-0.1, -0.05) is 48.2 Å². The van der Waals surface area contributed by atoms with Crippen LogP contribution in [0.1, 0.15) is 0 Å². The summed E-state index contributed by atoms with van der Waals surface area (Å²) in [5.74, 6) is 0.865. The van der Waals surface area contributed by atoms with E-state index in [1.807, 2.05) is 48.5 Å². The Labute approximate surface area is 159 Å². The molecule has 0 saturated carbocycles. The van der Waals surface area contributed by atoms with Crippen LogP contribution in [0.5, 0.6) is 5.75 Å². The first-order valence-corrected chi connectivity index (χ1v) is 9.40. The fraction of sp³-hybridized carbons (Fsp3) is 0. The summed E-state index contributed by atoms with van der Waals surface area (Å²) in [4.78, 5) is 14.9. The van der Waals surface area contributed by atoms with Crippen molar-refractivity contribution in [1.82, 2.24) is 15.0 Å². The average Bonchev–Trinajstić information content (AvgIpc) is 3.12. The predicted molar refractivity (Wildman–Crippen MR) is 109 cm³/mol. The highest BCUT2D eigenvalue weighted by Crippen LogP contribution is 2.31. The lowest BCUT2D eigenvalue weighted by Gasteiger charge is -2.02. The van der Waals surface area contributed by atoms with Crippen molar-refractivity contribution in [2.45, 2.75) is 9.79 Å². The minimum absolute atomic E-state index is 0.173. The highest BCUT2D eigenvalue weighted by molar-refractivity contribution is 7.99. The van der Waals surface area contributed by atoms with Gasteiger partial charge >= 0.3 is 0 Å². The van der Waals surface area contributed by atoms with Crippen LogP contribution in [0.2, 0.25) is 0 Å². The molecule has 3 aromatic carbocycles.